The van der Waals surface area contributed by atoms with Crippen molar-refractivity contribution in [2.45, 2.75) is 45.1 Å². The third-order valence-corrected chi connectivity index (χ3v) is 2.49. The fraction of sp³-hybridized carbons (Fsp3) is 0.818. The Morgan fingerprint density at radius 1 is 1.58 bits per heavy atom. The van der Waals surface area contributed by atoms with Gasteiger partial charge in [-0.05, 0) is 38.1 Å². The smallest absolute Gasteiger partial charge is 0.00955 e. The van der Waals surface area contributed by atoms with E-state index >= 15 is 0 Å². The summed E-state index contributed by atoms with van der Waals surface area (Å²) < 4.78 is 0. The van der Waals surface area contributed by atoms with E-state index in [1.807, 2.05) is 0 Å². The minimum absolute atomic E-state index is 0.753. The summed E-state index contributed by atoms with van der Waals surface area (Å²) in [6.45, 7) is 3.27. The highest BCUT2D eigenvalue weighted by atomic mass is 14.9. The van der Waals surface area contributed by atoms with Crippen molar-refractivity contribution < 1.29 is 0 Å². The second kappa shape index (κ2) is 5.22. The number of hydrogen-bond donors (Lipinski definition) is 1. The predicted molar refractivity (Wildman–Crippen MR) is 52.9 cm³/mol. The molecular formula is C11H19N. The Bertz CT molecular complexity index is 153. The van der Waals surface area contributed by atoms with Crippen LogP contribution in [0.15, 0.2) is 0 Å². The summed E-state index contributed by atoms with van der Waals surface area (Å²) in [7, 11) is 0. The Hall–Kier alpha value is -0.480. The van der Waals surface area contributed by atoms with E-state index in [9.17, 15) is 0 Å². The highest BCUT2D eigenvalue weighted by molar-refractivity contribution is 4.88. The lowest BCUT2D eigenvalue weighted by molar-refractivity contribution is 0.437. The molecule has 1 aliphatic rings. The van der Waals surface area contributed by atoms with Gasteiger partial charge in [-0.15, -0.1) is 12.3 Å². The summed E-state index contributed by atoms with van der Waals surface area (Å²) in [4.78, 5) is 0. The van der Waals surface area contributed by atoms with Gasteiger partial charge in [0.15, 0.2) is 0 Å². The first-order valence-electron chi connectivity index (χ1n) is 5.05. The minimum atomic E-state index is 0.753. The lowest BCUT2D eigenvalue weighted by atomic mass is 10.1. The molecule has 1 N–H and O–H groups in total. The van der Waals surface area contributed by atoms with Crippen molar-refractivity contribution in [1.29, 1.82) is 0 Å². The molecule has 0 bridgehead atoms. The molecule has 0 spiro atoms. The number of rotatable bonds is 6. The van der Waals surface area contributed by atoms with Gasteiger partial charge in [0, 0.05) is 12.5 Å². The largest absolute Gasteiger partial charge is 0.314 e. The SMILES string of the molecule is C#CCCCC(NCC)C1CC1. The van der Waals surface area contributed by atoms with Gasteiger partial charge >= 0.3 is 0 Å². The standard InChI is InChI=1S/C11H19N/c1-3-5-6-7-11(12-4-2)10-8-9-10/h1,10-12H,4-9H2,2H3. The zero-order valence-electron chi connectivity index (χ0n) is 7.97. The van der Waals surface area contributed by atoms with Crippen molar-refractivity contribution in [3.8, 4) is 12.3 Å². The van der Waals surface area contributed by atoms with Gasteiger partial charge in [-0.1, -0.05) is 6.92 Å². The first-order valence-corrected chi connectivity index (χ1v) is 5.05. The second-order valence-corrected chi connectivity index (χ2v) is 3.60. The van der Waals surface area contributed by atoms with Crippen molar-refractivity contribution in [2.24, 2.45) is 5.92 Å². The molecule has 1 saturated carbocycles. The van der Waals surface area contributed by atoms with E-state index in [0.717, 1.165) is 24.9 Å². The van der Waals surface area contributed by atoms with E-state index in [2.05, 4.69) is 18.2 Å². The molecule has 0 saturated heterocycles. The molecule has 68 valence electrons. The molecule has 1 atom stereocenters. The number of terminal acetylenes is 1. The molecule has 12 heavy (non-hydrogen) atoms. The van der Waals surface area contributed by atoms with Crippen LogP contribution in [0.3, 0.4) is 0 Å². The molecule has 0 amide bonds. The fourth-order valence-electron chi connectivity index (χ4n) is 1.69. The van der Waals surface area contributed by atoms with Gasteiger partial charge in [-0.25, -0.2) is 0 Å². The Morgan fingerprint density at radius 3 is 2.83 bits per heavy atom. The van der Waals surface area contributed by atoms with Gasteiger partial charge in [-0.3, -0.25) is 0 Å². The number of nitrogens with one attached hydrogen (secondary N) is 1. The molecule has 1 nitrogen and oxygen atoms in total. The normalized spacial score (nSPS) is 18.7. The van der Waals surface area contributed by atoms with E-state index in [1.165, 1.54) is 25.7 Å². The summed E-state index contributed by atoms with van der Waals surface area (Å²) in [6, 6.07) is 0.753. The molecule has 0 aromatic rings. The summed E-state index contributed by atoms with van der Waals surface area (Å²) in [5, 5.41) is 3.53. The molecule has 0 aromatic heterocycles. The van der Waals surface area contributed by atoms with Crippen LogP contribution in [0.1, 0.15) is 39.0 Å². The van der Waals surface area contributed by atoms with E-state index in [0.29, 0.717) is 0 Å². The Labute approximate surface area is 75.9 Å². The van der Waals surface area contributed by atoms with Crippen LogP contribution in [0.5, 0.6) is 0 Å². The van der Waals surface area contributed by atoms with E-state index in [1.54, 1.807) is 0 Å². The van der Waals surface area contributed by atoms with Gasteiger partial charge in [0.25, 0.3) is 0 Å². The number of unbranched alkanes of at least 4 members (excludes halogenated alkanes) is 1. The molecule has 1 unspecified atom stereocenters. The number of hydrogen-bond acceptors (Lipinski definition) is 1. The second-order valence-electron chi connectivity index (χ2n) is 3.60. The van der Waals surface area contributed by atoms with Crippen LogP contribution in [0.4, 0.5) is 0 Å². The van der Waals surface area contributed by atoms with Gasteiger partial charge < -0.3 is 5.32 Å². The van der Waals surface area contributed by atoms with Crippen LogP contribution in [0, 0.1) is 18.3 Å². The fourth-order valence-corrected chi connectivity index (χ4v) is 1.69. The minimum Gasteiger partial charge on any atom is -0.314 e. The van der Waals surface area contributed by atoms with Gasteiger partial charge in [-0.2, -0.15) is 0 Å². The zero-order valence-corrected chi connectivity index (χ0v) is 7.97. The molecule has 1 fully saturated rings. The summed E-state index contributed by atoms with van der Waals surface area (Å²) in [5.74, 6) is 3.66. The third kappa shape index (κ3) is 3.28. The Balaban J connectivity index is 2.10. The average Bonchev–Trinajstić information content (AvgIpc) is 2.86. The zero-order chi connectivity index (χ0) is 8.81. The van der Waals surface area contributed by atoms with E-state index < -0.39 is 0 Å². The monoisotopic (exact) mass is 165 g/mol. The molecule has 0 radical (unpaired) electrons. The van der Waals surface area contributed by atoms with Gasteiger partial charge in [0.1, 0.15) is 0 Å². The van der Waals surface area contributed by atoms with Crippen LogP contribution < -0.4 is 5.32 Å². The average molecular weight is 165 g/mol. The molecule has 0 aliphatic heterocycles. The molecule has 1 rings (SSSR count). The van der Waals surface area contributed by atoms with Crippen molar-refractivity contribution in [1.82, 2.24) is 5.32 Å². The maximum atomic E-state index is 5.21. The highest BCUT2D eigenvalue weighted by Gasteiger charge is 2.29. The van der Waals surface area contributed by atoms with Crippen molar-refractivity contribution in [3.63, 3.8) is 0 Å². The quantitative estimate of drug-likeness (QED) is 0.470. The van der Waals surface area contributed by atoms with Crippen molar-refractivity contribution in [3.05, 3.63) is 0 Å². The lowest BCUT2D eigenvalue weighted by Gasteiger charge is -2.15. The predicted octanol–water partition coefficient (Wildman–Crippen LogP) is 2.18. The first-order chi connectivity index (χ1) is 5.88. The highest BCUT2D eigenvalue weighted by Crippen LogP contribution is 2.34. The summed E-state index contributed by atoms with van der Waals surface area (Å²) >= 11 is 0. The van der Waals surface area contributed by atoms with E-state index in [4.69, 9.17) is 6.42 Å². The van der Waals surface area contributed by atoms with Crippen LogP contribution in [-0.2, 0) is 0 Å². The molecule has 1 aliphatic carbocycles. The molecular weight excluding hydrogens is 146 g/mol. The van der Waals surface area contributed by atoms with Gasteiger partial charge in [0.05, 0.1) is 0 Å². The van der Waals surface area contributed by atoms with E-state index in [-0.39, 0.29) is 0 Å². The Kier molecular flexibility index (Phi) is 4.18. The van der Waals surface area contributed by atoms with Crippen molar-refractivity contribution >= 4 is 0 Å². The van der Waals surface area contributed by atoms with Gasteiger partial charge in [0.2, 0.25) is 0 Å². The molecule has 0 heterocycles. The first kappa shape index (κ1) is 9.61. The third-order valence-electron chi connectivity index (χ3n) is 2.49. The maximum Gasteiger partial charge on any atom is 0.00955 e. The maximum absolute atomic E-state index is 5.21. The summed E-state index contributed by atoms with van der Waals surface area (Å²) in [6.07, 6.45) is 11.4. The van der Waals surface area contributed by atoms with Crippen LogP contribution in [0.25, 0.3) is 0 Å². The summed E-state index contributed by atoms with van der Waals surface area (Å²) in [5.41, 5.74) is 0. The Morgan fingerprint density at radius 2 is 2.33 bits per heavy atom. The topological polar surface area (TPSA) is 12.0 Å². The van der Waals surface area contributed by atoms with Crippen LogP contribution in [0.2, 0.25) is 0 Å². The van der Waals surface area contributed by atoms with Crippen LogP contribution in [-0.4, -0.2) is 12.6 Å². The molecule has 0 aromatic carbocycles. The van der Waals surface area contributed by atoms with Crippen molar-refractivity contribution in [2.75, 3.05) is 6.54 Å². The lowest BCUT2D eigenvalue weighted by Crippen LogP contribution is -2.30. The molecule has 1 heteroatoms. The van der Waals surface area contributed by atoms with Crippen LogP contribution >= 0.6 is 0 Å².